The highest BCUT2D eigenvalue weighted by molar-refractivity contribution is 5.20. The lowest BCUT2D eigenvalue weighted by Gasteiger charge is -2.39. The fourth-order valence-corrected chi connectivity index (χ4v) is 3.03. The first-order chi connectivity index (χ1) is 10.3. The summed E-state index contributed by atoms with van der Waals surface area (Å²) in [6.45, 7) is 7.38. The minimum absolute atomic E-state index is 0.487. The van der Waals surface area contributed by atoms with E-state index in [0.717, 1.165) is 32.7 Å². The van der Waals surface area contributed by atoms with Crippen LogP contribution in [-0.4, -0.2) is 46.3 Å². The largest absolute Gasteiger partial charge is 0.297 e. The smallest absolute Gasteiger partial charge is 0.0534 e. The van der Waals surface area contributed by atoms with Crippen molar-refractivity contribution >= 4 is 0 Å². The van der Waals surface area contributed by atoms with E-state index in [4.69, 9.17) is 0 Å². The van der Waals surface area contributed by atoms with E-state index in [1.54, 1.807) is 0 Å². The van der Waals surface area contributed by atoms with Crippen molar-refractivity contribution in [3.63, 3.8) is 0 Å². The van der Waals surface area contributed by atoms with E-state index in [0.29, 0.717) is 6.04 Å². The Hall–Kier alpha value is -1.65. The van der Waals surface area contributed by atoms with E-state index in [-0.39, 0.29) is 0 Å². The predicted octanol–water partition coefficient (Wildman–Crippen LogP) is 2.39. The summed E-state index contributed by atoms with van der Waals surface area (Å²) in [6.07, 6.45) is 4.16. The molecule has 1 aromatic carbocycles. The van der Waals surface area contributed by atoms with Crippen LogP contribution in [0.2, 0.25) is 0 Å². The Bertz CT molecular complexity index is 563. The van der Waals surface area contributed by atoms with E-state index in [1.165, 1.54) is 11.1 Å². The van der Waals surface area contributed by atoms with E-state index in [2.05, 4.69) is 65.4 Å². The quantitative estimate of drug-likeness (QED) is 0.861. The molecule has 4 heteroatoms. The summed E-state index contributed by atoms with van der Waals surface area (Å²) in [5.74, 6) is 0. The molecule has 1 fully saturated rings. The molecule has 1 aliphatic rings. The summed E-state index contributed by atoms with van der Waals surface area (Å²) in [4.78, 5) is 5.00. The van der Waals surface area contributed by atoms with Crippen molar-refractivity contribution in [2.24, 2.45) is 0 Å². The summed E-state index contributed by atoms with van der Waals surface area (Å²) in [5, 5.41) is 4.37. The zero-order valence-corrected chi connectivity index (χ0v) is 12.9. The lowest BCUT2D eigenvalue weighted by molar-refractivity contribution is 0.0905. The van der Waals surface area contributed by atoms with Crippen molar-refractivity contribution in [1.82, 2.24) is 19.6 Å². The Morgan fingerprint density at radius 3 is 2.71 bits per heavy atom. The standard InChI is InChI=1S/C17H24N4/c1-3-21-13-15(11-18-21)12-20-10-9-19(2)17(14-20)16-7-5-4-6-8-16/h4-8,11,13,17H,3,9-10,12,14H2,1-2H3/t17-/m0/s1. The predicted molar refractivity (Wildman–Crippen MR) is 85.0 cm³/mol. The van der Waals surface area contributed by atoms with Gasteiger partial charge in [-0.3, -0.25) is 14.5 Å². The van der Waals surface area contributed by atoms with Crippen LogP contribution in [0.3, 0.4) is 0 Å². The number of aromatic nitrogens is 2. The molecule has 1 aromatic heterocycles. The molecule has 0 aliphatic carbocycles. The SMILES string of the molecule is CCn1cc(CN2CCN(C)[C@H](c3ccccc3)C2)cn1. The van der Waals surface area contributed by atoms with Gasteiger partial charge in [-0.05, 0) is 19.5 Å². The molecular weight excluding hydrogens is 260 g/mol. The summed E-state index contributed by atoms with van der Waals surface area (Å²) in [5.41, 5.74) is 2.72. The number of piperazine rings is 1. The Balaban J connectivity index is 1.68. The Labute approximate surface area is 127 Å². The van der Waals surface area contributed by atoms with Crippen LogP contribution >= 0.6 is 0 Å². The lowest BCUT2D eigenvalue weighted by Crippen LogP contribution is -2.46. The van der Waals surface area contributed by atoms with Gasteiger partial charge in [-0.15, -0.1) is 0 Å². The van der Waals surface area contributed by atoms with E-state index in [1.807, 2.05) is 10.9 Å². The molecule has 3 rings (SSSR count). The second kappa shape index (κ2) is 6.41. The molecule has 0 N–H and O–H groups in total. The van der Waals surface area contributed by atoms with Gasteiger partial charge in [0, 0.05) is 50.5 Å². The number of benzene rings is 1. The van der Waals surface area contributed by atoms with Gasteiger partial charge >= 0.3 is 0 Å². The van der Waals surface area contributed by atoms with Crippen LogP contribution in [-0.2, 0) is 13.1 Å². The maximum atomic E-state index is 4.37. The number of hydrogen-bond acceptors (Lipinski definition) is 3. The van der Waals surface area contributed by atoms with Crippen LogP contribution < -0.4 is 0 Å². The van der Waals surface area contributed by atoms with Crippen molar-refractivity contribution in [1.29, 1.82) is 0 Å². The summed E-state index contributed by atoms with van der Waals surface area (Å²) in [7, 11) is 2.23. The first-order valence-corrected chi connectivity index (χ1v) is 7.75. The summed E-state index contributed by atoms with van der Waals surface area (Å²) < 4.78 is 2.00. The van der Waals surface area contributed by atoms with Crippen LogP contribution in [0.25, 0.3) is 0 Å². The molecule has 0 unspecified atom stereocenters. The second-order valence-electron chi connectivity index (χ2n) is 5.85. The Kier molecular flexibility index (Phi) is 4.36. The minimum atomic E-state index is 0.487. The highest BCUT2D eigenvalue weighted by Gasteiger charge is 2.25. The number of nitrogens with zero attached hydrogens (tertiary/aromatic N) is 4. The molecule has 1 saturated heterocycles. The topological polar surface area (TPSA) is 24.3 Å². The number of rotatable bonds is 4. The molecule has 21 heavy (non-hydrogen) atoms. The lowest BCUT2D eigenvalue weighted by atomic mass is 10.0. The van der Waals surface area contributed by atoms with Gasteiger partial charge < -0.3 is 0 Å². The van der Waals surface area contributed by atoms with Gasteiger partial charge in [-0.25, -0.2) is 0 Å². The molecule has 2 heterocycles. The van der Waals surface area contributed by atoms with Crippen LogP contribution in [0.5, 0.6) is 0 Å². The molecule has 4 nitrogen and oxygen atoms in total. The number of hydrogen-bond donors (Lipinski definition) is 0. The molecule has 0 amide bonds. The third kappa shape index (κ3) is 3.34. The van der Waals surface area contributed by atoms with E-state index < -0.39 is 0 Å². The zero-order valence-electron chi connectivity index (χ0n) is 12.9. The van der Waals surface area contributed by atoms with Crippen LogP contribution in [0.15, 0.2) is 42.7 Å². The van der Waals surface area contributed by atoms with Gasteiger partial charge in [-0.1, -0.05) is 30.3 Å². The second-order valence-corrected chi connectivity index (χ2v) is 5.85. The molecule has 0 spiro atoms. The maximum Gasteiger partial charge on any atom is 0.0534 e. The van der Waals surface area contributed by atoms with Gasteiger partial charge in [0.1, 0.15) is 0 Å². The minimum Gasteiger partial charge on any atom is -0.297 e. The first kappa shape index (κ1) is 14.3. The monoisotopic (exact) mass is 284 g/mol. The number of likely N-dealkylation sites (N-methyl/N-ethyl adjacent to an activating group) is 1. The molecular formula is C17H24N4. The van der Waals surface area contributed by atoms with Crippen molar-refractivity contribution in [2.45, 2.75) is 26.1 Å². The highest BCUT2D eigenvalue weighted by atomic mass is 15.3. The van der Waals surface area contributed by atoms with Crippen molar-refractivity contribution in [3.8, 4) is 0 Å². The first-order valence-electron chi connectivity index (χ1n) is 7.75. The van der Waals surface area contributed by atoms with E-state index >= 15 is 0 Å². The van der Waals surface area contributed by atoms with Crippen molar-refractivity contribution in [3.05, 3.63) is 53.9 Å². The summed E-state index contributed by atoms with van der Waals surface area (Å²) >= 11 is 0. The normalized spacial score (nSPS) is 20.8. The maximum absolute atomic E-state index is 4.37. The summed E-state index contributed by atoms with van der Waals surface area (Å²) in [6, 6.07) is 11.3. The molecule has 1 aliphatic heterocycles. The Morgan fingerprint density at radius 1 is 1.19 bits per heavy atom. The third-order valence-corrected chi connectivity index (χ3v) is 4.33. The number of aryl methyl sites for hydroxylation is 1. The van der Waals surface area contributed by atoms with Gasteiger partial charge in [0.25, 0.3) is 0 Å². The molecule has 112 valence electrons. The van der Waals surface area contributed by atoms with Gasteiger partial charge in [0.2, 0.25) is 0 Å². The van der Waals surface area contributed by atoms with Crippen LogP contribution in [0, 0.1) is 0 Å². The van der Waals surface area contributed by atoms with Gasteiger partial charge in [0.05, 0.1) is 6.20 Å². The zero-order chi connectivity index (χ0) is 14.7. The van der Waals surface area contributed by atoms with Crippen LogP contribution in [0.1, 0.15) is 24.1 Å². The van der Waals surface area contributed by atoms with Gasteiger partial charge in [-0.2, -0.15) is 5.10 Å². The molecule has 0 saturated carbocycles. The van der Waals surface area contributed by atoms with Crippen LogP contribution in [0.4, 0.5) is 0 Å². The molecule has 2 aromatic rings. The average molecular weight is 284 g/mol. The fourth-order valence-electron chi connectivity index (χ4n) is 3.03. The fraction of sp³-hybridized carbons (Fsp3) is 0.471. The highest BCUT2D eigenvalue weighted by Crippen LogP contribution is 2.24. The molecule has 1 atom stereocenters. The van der Waals surface area contributed by atoms with Gasteiger partial charge in [0.15, 0.2) is 0 Å². The Morgan fingerprint density at radius 2 is 2.00 bits per heavy atom. The third-order valence-electron chi connectivity index (χ3n) is 4.33. The van der Waals surface area contributed by atoms with Crippen molar-refractivity contribution < 1.29 is 0 Å². The molecule has 0 radical (unpaired) electrons. The van der Waals surface area contributed by atoms with E-state index in [9.17, 15) is 0 Å². The average Bonchev–Trinajstić information content (AvgIpc) is 2.98. The van der Waals surface area contributed by atoms with Crippen molar-refractivity contribution in [2.75, 3.05) is 26.7 Å². The molecule has 0 bridgehead atoms.